The largest absolute Gasteiger partial charge is 0.450 e. The molecule has 8 nitrogen and oxygen atoms in total. The summed E-state index contributed by atoms with van der Waals surface area (Å²) < 4.78 is 9.71. The fourth-order valence-corrected chi connectivity index (χ4v) is 3.88. The molecule has 0 bridgehead atoms. The Morgan fingerprint density at radius 2 is 1.77 bits per heavy atom. The molecule has 9 heteroatoms. The van der Waals surface area contributed by atoms with Crippen molar-refractivity contribution < 1.29 is 9.53 Å². The molecule has 0 N–H and O–H groups in total. The van der Waals surface area contributed by atoms with Crippen molar-refractivity contribution in [3.63, 3.8) is 0 Å². The van der Waals surface area contributed by atoms with Gasteiger partial charge in [0, 0.05) is 44.1 Å². The Labute approximate surface area is 186 Å². The Balaban J connectivity index is 1.55. The first kappa shape index (κ1) is 21.2. The number of ether oxygens (including phenoxy) is 1. The summed E-state index contributed by atoms with van der Waals surface area (Å²) in [7, 11) is 0. The minimum absolute atomic E-state index is 0.245. The van der Waals surface area contributed by atoms with Gasteiger partial charge < -0.3 is 9.64 Å². The number of piperazine rings is 1. The second kappa shape index (κ2) is 9.84. The highest BCUT2D eigenvalue weighted by Crippen LogP contribution is 2.19. The minimum atomic E-state index is -0.245. The van der Waals surface area contributed by atoms with Crippen LogP contribution in [0.2, 0.25) is 0 Å². The lowest BCUT2D eigenvalue weighted by atomic mass is 10.2. The average molecular weight is 439 g/mol. The number of rotatable bonds is 6. The van der Waals surface area contributed by atoms with Gasteiger partial charge in [0.1, 0.15) is 0 Å². The smallest absolute Gasteiger partial charge is 0.409 e. The molecule has 162 valence electrons. The molecule has 1 fully saturated rings. The van der Waals surface area contributed by atoms with E-state index in [-0.39, 0.29) is 6.09 Å². The van der Waals surface area contributed by atoms with Crippen LogP contribution in [0, 0.1) is 4.77 Å². The van der Waals surface area contributed by atoms with Gasteiger partial charge in [0.2, 0.25) is 0 Å². The molecule has 0 unspecified atom stereocenters. The van der Waals surface area contributed by atoms with Crippen LogP contribution in [0.1, 0.15) is 12.5 Å². The molecule has 0 radical (unpaired) electrons. The maximum atomic E-state index is 11.9. The van der Waals surface area contributed by atoms with E-state index < -0.39 is 0 Å². The van der Waals surface area contributed by atoms with Gasteiger partial charge >= 0.3 is 6.09 Å². The monoisotopic (exact) mass is 438 g/mol. The van der Waals surface area contributed by atoms with Crippen molar-refractivity contribution in [3.8, 4) is 11.4 Å². The van der Waals surface area contributed by atoms with Crippen LogP contribution in [0.15, 0.2) is 54.9 Å². The maximum Gasteiger partial charge on any atom is 0.409 e. The van der Waals surface area contributed by atoms with E-state index in [1.807, 2.05) is 41.9 Å². The molecule has 1 aliphatic rings. The highest BCUT2D eigenvalue weighted by molar-refractivity contribution is 7.71. The third kappa shape index (κ3) is 5.00. The number of amides is 1. The van der Waals surface area contributed by atoms with E-state index >= 15 is 0 Å². The van der Waals surface area contributed by atoms with Crippen molar-refractivity contribution in [2.75, 3.05) is 32.8 Å². The number of hydrogen-bond acceptors (Lipinski definition) is 6. The van der Waals surface area contributed by atoms with Crippen LogP contribution in [0.25, 0.3) is 11.4 Å². The van der Waals surface area contributed by atoms with Crippen molar-refractivity contribution in [3.05, 3.63) is 65.2 Å². The van der Waals surface area contributed by atoms with Crippen molar-refractivity contribution >= 4 is 18.3 Å². The maximum absolute atomic E-state index is 11.9. The molecular weight excluding hydrogens is 412 g/mol. The van der Waals surface area contributed by atoms with Crippen molar-refractivity contribution in [1.29, 1.82) is 0 Å². The quantitative estimate of drug-likeness (QED) is 0.551. The zero-order chi connectivity index (χ0) is 21.6. The Kier molecular flexibility index (Phi) is 6.73. The van der Waals surface area contributed by atoms with Gasteiger partial charge in [-0.3, -0.25) is 14.5 Å². The van der Waals surface area contributed by atoms with E-state index in [9.17, 15) is 4.79 Å². The number of aromatic nitrogens is 4. The van der Waals surface area contributed by atoms with Crippen LogP contribution in [-0.2, 0) is 18.0 Å². The van der Waals surface area contributed by atoms with Crippen LogP contribution in [0.5, 0.6) is 0 Å². The fourth-order valence-electron chi connectivity index (χ4n) is 3.63. The van der Waals surface area contributed by atoms with Gasteiger partial charge in [0.15, 0.2) is 10.6 Å². The molecule has 1 aromatic carbocycles. The Morgan fingerprint density at radius 1 is 1.06 bits per heavy atom. The number of benzene rings is 1. The highest BCUT2D eigenvalue weighted by atomic mass is 32.1. The summed E-state index contributed by atoms with van der Waals surface area (Å²) in [4.78, 5) is 20.1. The number of pyridine rings is 1. The molecule has 4 rings (SSSR count). The van der Waals surface area contributed by atoms with E-state index in [1.54, 1.807) is 17.3 Å². The van der Waals surface area contributed by atoms with E-state index in [4.69, 9.17) is 22.1 Å². The number of hydrogen-bond donors (Lipinski definition) is 0. The molecule has 0 atom stereocenters. The second-order valence-electron chi connectivity index (χ2n) is 7.36. The minimum Gasteiger partial charge on any atom is -0.450 e. The van der Waals surface area contributed by atoms with Gasteiger partial charge in [0.25, 0.3) is 0 Å². The highest BCUT2D eigenvalue weighted by Gasteiger charge is 2.23. The summed E-state index contributed by atoms with van der Waals surface area (Å²) in [5.74, 6) is 0.821. The third-order valence-corrected chi connectivity index (χ3v) is 5.71. The van der Waals surface area contributed by atoms with Crippen LogP contribution in [-0.4, -0.2) is 68.0 Å². The molecule has 31 heavy (non-hydrogen) atoms. The first-order chi connectivity index (χ1) is 15.2. The van der Waals surface area contributed by atoms with Gasteiger partial charge in [0.05, 0.1) is 19.8 Å². The molecule has 2 aromatic heterocycles. The molecule has 1 aliphatic heterocycles. The zero-order valence-electron chi connectivity index (χ0n) is 17.6. The Morgan fingerprint density at radius 3 is 2.45 bits per heavy atom. The third-order valence-electron chi connectivity index (χ3n) is 5.28. The van der Waals surface area contributed by atoms with Crippen molar-refractivity contribution in [2.45, 2.75) is 20.1 Å². The van der Waals surface area contributed by atoms with E-state index in [1.165, 1.54) is 0 Å². The average Bonchev–Trinajstić information content (AvgIpc) is 3.11. The number of carbonyl (C=O) groups excluding carboxylic acids is 1. The molecule has 1 amide bonds. The molecule has 0 spiro atoms. The first-order valence-electron chi connectivity index (χ1n) is 10.4. The summed E-state index contributed by atoms with van der Waals surface area (Å²) >= 11 is 5.82. The Hall–Kier alpha value is -3.04. The lowest BCUT2D eigenvalue weighted by Crippen LogP contribution is -2.49. The summed E-state index contributed by atoms with van der Waals surface area (Å²) in [5, 5.41) is 4.85. The van der Waals surface area contributed by atoms with Gasteiger partial charge in [-0.05, 0) is 36.8 Å². The lowest BCUT2D eigenvalue weighted by molar-refractivity contribution is 0.0691. The van der Waals surface area contributed by atoms with Crippen molar-refractivity contribution in [1.82, 2.24) is 29.1 Å². The molecular formula is C22H26N6O2S. The summed E-state index contributed by atoms with van der Waals surface area (Å²) in [6.07, 6.45) is 3.28. The predicted octanol–water partition coefficient (Wildman–Crippen LogP) is 3.26. The van der Waals surface area contributed by atoms with E-state index in [0.717, 1.165) is 30.0 Å². The van der Waals surface area contributed by atoms with E-state index in [0.29, 0.717) is 37.7 Å². The molecule has 3 heterocycles. The molecule has 0 saturated carbocycles. The predicted molar refractivity (Wildman–Crippen MR) is 120 cm³/mol. The number of nitrogens with zero attached hydrogens (tertiary/aromatic N) is 6. The van der Waals surface area contributed by atoms with Gasteiger partial charge in [-0.25, -0.2) is 9.48 Å². The summed E-state index contributed by atoms with van der Waals surface area (Å²) in [6, 6.07) is 14.1. The molecule has 1 saturated heterocycles. The van der Waals surface area contributed by atoms with Gasteiger partial charge in [-0.1, -0.05) is 30.3 Å². The summed E-state index contributed by atoms with van der Waals surface area (Å²) in [5.41, 5.74) is 2.14. The molecule has 3 aromatic rings. The standard InChI is InChI=1S/C22H26N6O2S/c1-2-30-22(29)26-14-12-25(13-15-26)17-28-21(31)27(16-18-6-4-3-5-7-18)20(24-28)19-8-10-23-11-9-19/h3-11H,2,12-17H2,1H3. The van der Waals surface area contributed by atoms with Gasteiger partial charge in [-0.15, -0.1) is 0 Å². The zero-order valence-corrected chi connectivity index (χ0v) is 18.4. The van der Waals surface area contributed by atoms with E-state index in [2.05, 4.69) is 26.6 Å². The Bertz CT molecular complexity index is 1060. The first-order valence-corrected chi connectivity index (χ1v) is 10.8. The second-order valence-corrected chi connectivity index (χ2v) is 7.72. The van der Waals surface area contributed by atoms with Crippen LogP contribution >= 0.6 is 12.2 Å². The normalized spacial score (nSPS) is 14.5. The van der Waals surface area contributed by atoms with Crippen LogP contribution in [0.3, 0.4) is 0 Å². The van der Waals surface area contributed by atoms with Gasteiger partial charge in [-0.2, -0.15) is 5.10 Å². The number of carbonyl (C=O) groups is 1. The molecule has 0 aliphatic carbocycles. The summed E-state index contributed by atoms with van der Waals surface area (Å²) in [6.45, 7) is 6.20. The van der Waals surface area contributed by atoms with Crippen LogP contribution in [0.4, 0.5) is 4.79 Å². The lowest BCUT2D eigenvalue weighted by Gasteiger charge is -2.33. The van der Waals surface area contributed by atoms with Crippen molar-refractivity contribution in [2.24, 2.45) is 0 Å². The SMILES string of the molecule is CCOC(=O)N1CCN(Cn2nc(-c3ccncc3)n(Cc3ccccc3)c2=S)CC1. The fraction of sp³-hybridized carbons (Fsp3) is 0.364. The topological polar surface area (TPSA) is 68.4 Å². The van der Waals surface area contributed by atoms with Crippen LogP contribution < -0.4 is 0 Å².